The van der Waals surface area contributed by atoms with E-state index in [-0.39, 0.29) is 118 Å². The Morgan fingerprint density at radius 3 is 0.375 bits per heavy atom. The molecule has 58 valence electrons. The Bertz CT molecular complexity index is 8.88. The smallest absolute Gasteiger partial charge is 1.00 e. The third kappa shape index (κ3) is 63.4. The summed E-state index contributed by atoms with van der Waals surface area (Å²) in [4.78, 5) is 0. The second-order valence-corrected chi connectivity index (χ2v) is 0. The minimum absolute atomic E-state index is 0. The Morgan fingerprint density at radius 2 is 0.375 bits per heavy atom. The topological polar surface area (TPSA) is 0 Å². The van der Waals surface area contributed by atoms with Crippen molar-refractivity contribution in [3.05, 3.63) is 0 Å². The zero-order valence-corrected chi connectivity index (χ0v) is 11.6. The van der Waals surface area contributed by atoms with Gasteiger partial charge in [0.15, 0.2) is 0 Å². The largest absolute Gasteiger partial charge is 1.00 e. The first kappa shape index (κ1) is 121. The van der Waals surface area contributed by atoms with E-state index < -0.39 is 0 Å². The molecule has 0 aromatic rings. The fraction of sp³-hybridized carbons (Fsp3) is 0. The molecule has 0 radical (unpaired) electrons. The summed E-state index contributed by atoms with van der Waals surface area (Å²) in [6.07, 6.45) is 0. The average Bonchev–Trinajstić information content (AvgIpc) is 0. The molecule has 0 aromatic heterocycles. The van der Waals surface area contributed by atoms with E-state index in [2.05, 4.69) is 0 Å². The van der Waals surface area contributed by atoms with Crippen LogP contribution in [0, 0.1) is 0 Å². The molecule has 0 spiro atoms. The molecule has 8 heavy (non-hydrogen) atoms. The van der Waals surface area contributed by atoms with Gasteiger partial charge in [0.05, 0.1) is 0 Å². The minimum Gasteiger partial charge on any atom is -1.00 e. The van der Waals surface area contributed by atoms with Gasteiger partial charge in [-0.3, -0.25) is 0 Å². The van der Waals surface area contributed by atoms with Crippen LogP contribution in [0.3, 0.4) is 0 Å². The van der Waals surface area contributed by atoms with E-state index in [1.165, 1.54) is 0 Å². The Hall–Kier alpha value is 3.03. The third-order valence-corrected chi connectivity index (χ3v) is 0. The fourth-order valence-corrected chi connectivity index (χ4v) is 0. The van der Waals surface area contributed by atoms with Gasteiger partial charge in [-0.25, -0.2) is 0 Å². The van der Waals surface area contributed by atoms with E-state index in [0.717, 1.165) is 0 Å². The maximum atomic E-state index is 0. The molecule has 8 heteroatoms. The Balaban J connectivity index is 0. The van der Waals surface area contributed by atoms with Crippen LogP contribution < -0.4 is 29.6 Å². The standard InChI is InChI=1S/7ClH.Na.H/h7*1H;;/q;;;;;;;+1;-1. The first-order valence-corrected chi connectivity index (χ1v) is 0. The molecule has 0 aliphatic carbocycles. The number of hydrogen-bond acceptors (Lipinski definition) is 0. The average molecular weight is 279 g/mol. The SMILES string of the molecule is Cl.Cl.Cl.Cl.Cl.Cl.Cl.[H-].[Na+]. The number of halogens is 7. The summed E-state index contributed by atoms with van der Waals surface area (Å²) in [7, 11) is 0. The normalized spacial score (nSPS) is 0. The summed E-state index contributed by atoms with van der Waals surface area (Å²) < 4.78 is 0. The third-order valence-electron chi connectivity index (χ3n) is 0. The quantitative estimate of drug-likeness (QED) is 0.551. The molecule has 0 atom stereocenters. The van der Waals surface area contributed by atoms with Gasteiger partial charge in [-0.05, 0) is 0 Å². The van der Waals surface area contributed by atoms with E-state index in [9.17, 15) is 0 Å². The molecule has 0 saturated heterocycles. The Morgan fingerprint density at radius 1 is 0.375 bits per heavy atom. The predicted octanol–water partition coefficient (Wildman–Crippen LogP) is 0.0691. The molecule has 0 aliphatic rings. The molecule has 0 amide bonds. The van der Waals surface area contributed by atoms with E-state index in [1.54, 1.807) is 0 Å². The van der Waals surface area contributed by atoms with Crippen LogP contribution in [-0.2, 0) is 0 Å². The molecule has 0 saturated carbocycles. The van der Waals surface area contributed by atoms with Gasteiger partial charge >= 0.3 is 29.6 Å². The summed E-state index contributed by atoms with van der Waals surface area (Å²) >= 11 is 0. The van der Waals surface area contributed by atoms with Gasteiger partial charge in [0.1, 0.15) is 0 Å². The van der Waals surface area contributed by atoms with Crippen LogP contribution >= 0.6 is 86.8 Å². The van der Waals surface area contributed by atoms with Crippen LogP contribution in [0.1, 0.15) is 1.43 Å². The Labute approximate surface area is 116 Å². The van der Waals surface area contributed by atoms with Crippen LogP contribution in [0.5, 0.6) is 0 Å². The van der Waals surface area contributed by atoms with Crippen molar-refractivity contribution in [3.8, 4) is 0 Å². The van der Waals surface area contributed by atoms with Crippen molar-refractivity contribution >= 4 is 86.8 Å². The Kier molecular flexibility index (Phi) is 1350. The van der Waals surface area contributed by atoms with Crippen molar-refractivity contribution in [2.75, 3.05) is 0 Å². The summed E-state index contributed by atoms with van der Waals surface area (Å²) in [6.45, 7) is 0. The van der Waals surface area contributed by atoms with Gasteiger partial charge in [0.2, 0.25) is 0 Å². The van der Waals surface area contributed by atoms with Gasteiger partial charge in [-0.15, -0.1) is 86.8 Å². The molecule has 0 rings (SSSR count). The molecule has 0 aliphatic heterocycles. The molecule has 0 unspecified atom stereocenters. The van der Waals surface area contributed by atoms with Crippen LogP contribution in [-0.4, -0.2) is 0 Å². The molecule has 0 N–H and O–H groups in total. The van der Waals surface area contributed by atoms with Crippen molar-refractivity contribution in [2.45, 2.75) is 0 Å². The molecule has 0 heterocycles. The number of hydrogen-bond donors (Lipinski definition) is 0. The van der Waals surface area contributed by atoms with E-state index in [1.807, 2.05) is 0 Å². The van der Waals surface area contributed by atoms with Crippen LogP contribution in [0.4, 0.5) is 0 Å². The van der Waals surface area contributed by atoms with Crippen molar-refractivity contribution in [1.29, 1.82) is 0 Å². The zero-order valence-electron chi connectivity index (χ0n) is 4.86. The van der Waals surface area contributed by atoms with Gasteiger partial charge < -0.3 is 1.43 Å². The summed E-state index contributed by atoms with van der Waals surface area (Å²) in [5, 5.41) is 0. The maximum Gasteiger partial charge on any atom is 1.00 e. The van der Waals surface area contributed by atoms with E-state index in [0.29, 0.717) is 0 Å². The maximum absolute atomic E-state index is 0. The van der Waals surface area contributed by atoms with Crippen molar-refractivity contribution < 1.29 is 31.0 Å². The second kappa shape index (κ2) is 89.1. The van der Waals surface area contributed by atoms with Crippen molar-refractivity contribution in [3.63, 3.8) is 0 Å². The summed E-state index contributed by atoms with van der Waals surface area (Å²) in [5.41, 5.74) is 0. The van der Waals surface area contributed by atoms with Crippen LogP contribution in [0.25, 0.3) is 0 Å². The van der Waals surface area contributed by atoms with Crippen molar-refractivity contribution in [2.24, 2.45) is 0 Å². The molecular formula is H8Cl7Na. The fourth-order valence-electron chi connectivity index (χ4n) is 0. The number of rotatable bonds is 0. The zero-order chi connectivity index (χ0) is 0. The van der Waals surface area contributed by atoms with Gasteiger partial charge in [0.25, 0.3) is 0 Å². The minimum atomic E-state index is 0. The second-order valence-electron chi connectivity index (χ2n) is 0. The first-order valence-electron chi connectivity index (χ1n) is 0. The summed E-state index contributed by atoms with van der Waals surface area (Å²) in [5.74, 6) is 0. The monoisotopic (exact) mass is 276 g/mol. The van der Waals surface area contributed by atoms with E-state index >= 15 is 0 Å². The van der Waals surface area contributed by atoms with Crippen LogP contribution in [0.2, 0.25) is 0 Å². The van der Waals surface area contributed by atoms with Crippen LogP contribution in [0.15, 0.2) is 0 Å². The van der Waals surface area contributed by atoms with Gasteiger partial charge in [-0.2, -0.15) is 0 Å². The molecule has 0 fully saturated rings. The van der Waals surface area contributed by atoms with E-state index in [4.69, 9.17) is 0 Å². The predicted molar refractivity (Wildman–Crippen MR) is 51.8 cm³/mol. The van der Waals surface area contributed by atoms with Gasteiger partial charge in [-0.1, -0.05) is 0 Å². The molecule has 0 bridgehead atoms. The molecule has 0 nitrogen and oxygen atoms in total. The summed E-state index contributed by atoms with van der Waals surface area (Å²) in [6, 6.07) is 0. The van der Waals surface area contributed by atoms with Crippen molar-refractivity contribution in [1.82, 2.24) is 0 Å². The molecular weight excluding hydrogens is 271 g/mol. The molecule has 0 aromatic carbocycles. The first-order chi connectivity index (χ1) is 0. The van der Waals surface area contributed by atoms with Gasteiger partial charge in [0, 0.05) is 0 Å².